The third kappa shape index (κ3) is 6.56. The van der Waals surface area contributed by atoms with E-state index in [0.717, 1.165) is 13.0 Å². The Hall–Kier alpha value is -4.80. The van der Waals surface area contributed by atoms with E-state index in [1.165, 1.54) is 130 Å². The largest absolute Gasteiger partial charge is 0.355 e. The van der Waals surface area contributed by atoms with Crippen LogP contribution in [0.4, 0.5) is 28.4 Å². The molecule has 1 aromatic heterocycles. The van der Waals surface area contributed by atoms with Gasteiger partial charge in [-0.05, 0) is 163 Å². The highest BCUT2D eigenvalue weighted by molar-refractivity contribution is 7.29. The molecule has 2 heterocycles. The summed E-state index contributed by atoms with van der Waals surface area (Å²) >= 11 is 2.03. The van der Waals surface area contributed by atoms with Gasteiger partial charge in [-0.1, -0.05) is 137 Å². The number of rotatable bonds is 4. The van der Waals surface area contributed by atoms with Gasteiger partial charge in [0.25, 0.3) is 0 Å². The van der Waals surface area contributed by atoms with Crippen molar-refractivity contribution in [3.05, 3.63) is 136 Å². The normalized spacial score (nSPS) is 18.1. The van der Waals surface area contributed by atoms with Crippen molar-refractivity contribution in [2.75, 3.05) is 10.2 Å². The zero-order valence-electron chi connectivity index (χ0n) is 39.6. The van der Waals surface area contributed by atoms with Gasteiger partial charge >= 0.3 is 0 Å². The van der Waals surface area contributed by atoms with Crippen LogP contribution in [-0.2, 0) is 27.1 Å². The molecule has 316 valence electrons. The lowest BCUT2D eigenvalue weighted by Gasteiger charge is -2.44. The van der Waals surface area contributed by atoms with Crippen molar-refractivity contribution in [1.29, 1.82) is 0 Å². The van der Waals surface area contributed by atoms with E-state index in [2.05, 4.69) is 197 Å². The molecule has 62 heavy (non-hydrogen) atoms. The van der Waals surface area contributed by atoms with E-state index in [-0.39, 0.29) is 27.1 Å². The fourth-order valence-corrected chi connectivity index (χ4v) is 12.5. The average Bonchev–Trinajstić information content (AvgIpc) is 3.57. The monoisotopic (exact) mass is 832 g/mol. The SMILES string of the molecule is Cc1cc(-c2ccc3ccccc3c2Nc2ccc(C(C)(C)C)cc2)c2c(c1)N(c1cc3c(cc1C)C(C)(C)CCC3(C)C)c1c(sc3cc4c(cc13)C(C)(C)CCC4(C)C)B2. The van der Waals surface area contributed by atoms with Crippen molar-refractivity contribution in [2.45, 2.75) is 143 Å². The third-order valence-corrected chi connectivity index (χ3v) is 16.7. The molecular formula is C58H65BN2S. The molecule has 2 nitrogen and oxygen atoms in total. The Morgan fingerprint density at radius 3 is 1.84 bits per heavy atom. The molecule has 0 saturated carbocycles. The lowest BCUT2D eigenvalue weighted by atomic mass is 9.61. The summed E-state index contributed by atoms with van der Waals surface area (Å²) < 4.78 is 2.87. The molecule has 3 aliphatic rings. The standard InChI is InChI=1S/C58H65BN2S/c1-34-28-41(40-23-18-36-16-14-15-17-39(36)51(40)60-38-21-19-37(20-22-38)54(3,4)5)50-48(29-34)61(47-32-45-43(30-35(47)2)55(6,7)24-26-57(45,10)11)52-42-31-44-46(33-49(42)62-53(52)59-50)58(12,13)27-25-56(44,8)9/h14-23,28-33,59-60H,24-27H2,1-13H3. The van der Waals surface area contributed by atoms with Crippen LogP contribution < -0.4 is 20.5 Å². The van der Waals surface area contributed by atoms with Crippen molar-refractivity contribution >= 4 is 78.2 Å². The lowest BCUT2D eigenvalue weighted by Crippen LogP contribution is -2.40. The Morgan fingerprint density at radius 1 is 0.597 bits per heavy atom. The van der Waals surface area contributed by atoms with Crippen LogP contribution in [0.2, 0.25) is 0 Å². The zero-order valence-corrected chi connectivity index (χ0v) is 40.4. The summed E-state index contributed by atoms with van der Waals surface area (Å²) in [6.45, 7) is 31.3. The summed E-state index contributed by atoms with van der Waals surface area (Å²) in [5.74, 6) is 0. The molecule has 2 aliphatic carbocycles. The number of anilines is 5. The Labute approximate surface area is 376 Å². The van der Waals surface area contributed by atoms with E-state index in [9.17, 15) is 0 Å². The smallest absolute Gasteiger partial charge is 0.211 e. The predicted octanol–water partition coefficient (Wildman–Crippen LogP) is 15.2. The minimum absolute atomic E-state index is 0.0919. The zero-order chi connectivity index (χ0) is 43.9. The molecule has 0 saturated heterocycles. The van der Waals surface area contributed by atoms with E-state index >= 15 is 0 Å². The topological polar surface area (TPSA) is 15.3 Å². The summed E-state index contributed by atoms with van der Waals surface area (Å²) in [6.07, 6.45) is 4.82. The second-order valence-electron chi connectivity index (χ2n) is 23.0. The number of benzene rings is 6. The third-order valence-electron chi connectivity index (χ3n) is 15.5. The quantitative estimate of drug-likeness (QED) is 0.178. The number of aryl methyl sites for hydroxylation is 2. The molecule has 4 heteroatoms. The number of hydrogen-bond donors (Lipinski definition) is 1. The van der Waals surface area contributed by atoms with Gasteiger partial charge in [0, 0.05) is 38.1 Å². The van der Waals surface area contributed by atoms with Gasteiger partial charge < -0.3 is 10.2 Å². The number of nitrogens with zero attached hydrogens (tertiary/aromatic N) is 1. The van der Waals surface area contributed by atoms with E-state index in [0.29, 0.717) is 0 Å². The van der Waals surface area contributed by atoms with E-state index in [1.54, 1.807) is 0 Å². The Balaban J connectivity index is 1.25. The van der Waals surface area contributed by atoms with Gasteiger partial charge in [0.15, 0.2) is 0 Å². The highest BCUT2D eigenvalue weighted by Crippen LogP contribution is 2.54. The molecule has 0 radical (unpaired) electrons. The molecule has 0 amide bonds. The molecule has 10 rings (SSSR count). The van der Waals surface area contributed by atoms with Crippen LogP contribution in [0.3, 0.4) is 0 Å². The first-order chi connectivity index (χ1) is 29.1. The van der Waals surface area contributed by atoms with Gasteiger partial charge in [0.2, 0.25) is 7.28 Å². The molecule has 0 atom stereocenters. The highest BCUT2D eigenvalue weighted by Gasteiger charge is 2.41. The number of thiophene rings is 1. The second kappa shape index (κ2) is 13.9. The average molecular weight is 833 g/mol. The second-order valence-corrected chi connectivity index (χ2v) is 24.1. The van der Waals surface area contributed by atoms with Gasteiger partial charge in [0.1, 0.15) is 0 Å². The molecule has 0 unspecified atom stereocenters. The van der Waals surface area contributed by atoms with E-state index in [1.807, 2.05) is 11.3 Å². The van der Waals surface area contributed by atoms with Crippen LogP contribution in [0.1, 0.15) is 141 Å². The first-order valence-electron chi connectivity index (χ1n) is 23.2. The summed E-state index contributed by atoms with van der Waals surface area (Å²) in [7, 11) is 0.892. The van der Waals surface area contributed by atoms with Gasteiger partial charge in [0.05, 0.1) is 11.4 Å². The Kier molecular flexibility index (Phi) is 9.21. The summed E-state index contributed by atoms with van der Waals surface area (Å²) in [6, 6.07) is 38.0. The van der Waals surface area contributed by atoms with Crippen LogP contribution in [-0.4, -0.2) is 7.28 Å². The molecule has 6 aromatic carbocycles. The molecule has 0 spiro atoms. The summed E-state index contributed by atoms with van der Waals surface area (Å²) in [5, 5.41) is 7.89. The maximum absolute atomic E-state index is 4.00. The molecule has 1 N–H and O–H groups in total. The van der Waals surface area contributed by atoms with Crippen molar-refractivity contribution < 1.29 is 0 Å². The molecule has 1 aliphatic heterocycles. The number of hydrogen-bond acceptors (Lipinski definition) is 3. The van der Waals surface area contributed by atoms with Gasteiger partial charge in [-0.2, -0.15) is 0 Å². The van der Waals surface area contributed by atoms with Crippen molar-refractivity contribution in [2.24, 2.45) is 0 Å². The highest BCUT2D eigenvalue weighted by atomic mass is 32.1. The fraction of sp³-hybridized carbons (Fsp3) is 0.379. The van der Waals surface area contributed by atoms with Crippen LogP contribution in [0.15, 0.2) is 97.1 Å². The lowest BCUT2D eigenvalue weighted by molar-refractivity contribution is 0.332. The van der Waals surface area contributed by atoms with Gasteiger partial charge in [-0.3, -0.25) is 0 Å². The molecule has 0 bridgehead atoms. The summed E-state index contributed by atoms with van der Waals surface area (Å²) in [5.41, 5.74) is 20.9. The number of nitrogens with one attached hydrogen (secondary N) is 1. The summed E-state index contributed by atoms with van der Waals surface area (Å²) in [4.78, 5) is 2.73. The first kappa shape index (κ1) is 41.2. The Bertz CT molecular complexity index is 2970. The van der Waals surface area contributed by atoms with E-state index in [4.69, 9.17) is 0 Å². The van der Waals surface area contributed by atoms with Crippen LogP contribution in [0.5, 0.6) is 0 Å². The van der Waals surface area contributed by atoms with Crippen LogP contribution in [0, 0.1) is 13.8 Å². The van der Waals surface area contributed by atoms with Gasteiger partial charge in [-0.15, -0.1) is 11.3 Å². The molecule has 0 fully saturated rings. The van der Waals surface area contributed by atoms with Crippen molar-refractivity contribution in [3.8, 4) is 11.1 Å². The van der Waals surface area contributed by atoms with Crippen molar-refractivity contribution in [3.63, 3.8) is 0 Å². The maximum Gasteiger partial charge on any atom is 0.211 e. The maximum atomic E-state index is 4.00. The minimum Gasteiger partial charge on any atom is -0.355 e. The first-order valence-corrected chi connectivity index (χ1v) is 24.0. The van der Waals surface area contributed by atoms with Crippen LogP contribution in [0.25, 0.3) is 32.0 Å². The van der Waals surface area contributed by atoms with E-state index < -0.39 is 0 Å². The number of fused-ring (bicyclic) bond motifs is 7. The molecular weight excluding hydrogens is 768 g/mol. The fourth-order valence-electron chi connectivity index (χ4n) is 11.3. The molecule has 7 aromatic rings. The Morgan fingerprint density at radius 2 is 1.19 bits per heavy atom. The predicted molar refractivity (Wildman–Crippen MR) is 274 cm³/mol. The van der Waals surface area contributed by atoms with Crippen LogP contribution >= 0.6 is 11.3 Å². The van der Waals surface area contributed by atoms with Crippen molar-refractivity contribution in [1.82, 2.24) is 0 Å². The minimum atomic E-state index is 0.0919. The van der Waals surface area contributed by atoms with Gasteiger partial charge in [-0.25, -0.2) is 0 Å².